The highest BCUT2D eigenvalue weighted by molar-refractivity contribution is 5.31. The van der Waals surface area contributed by atoms with Gasteiger partial charge in [-0.2, -0.15) is 0 Å². The van der Waals surface area contributed by atoms with Gasteiger partial charge in [0.15, 0.2) is 0 Å². The van der Waals surface area contributed by atoms with E-state index in [0.717, 1.165) is 38.3 Å². The van der Waals surface area contributed by atoms with Crippen molar-refractivity contribution < 1.29 is 9.47 Å². The van der Waals surface area contributed by atoms with Crippen LogP contribution in [0.5, 0.6) is 5.75 Å². The molecular weight excluding hydrogens is 252 g/mol. The van der Waals surface area contributed by atoms with Crippen molar-refractivity contribution in [2.75, 3.05) is 33.4 Å². The van der Waals surface area contributed by atoms with Gasteiger partial charge in [-0.3, -0.25) is 4.90 Å². The largest absolute Gasteiger partial charge is 0.494 e. The van der Waals surface area contributed by atoms with E-state index in [1.54, 1.807) is 7.11 Å². The molecule has 1 heterocycles. The molecule has 1 aromatic carbocycles. The average molecular weight is 278 g/mol. The van der Waals surface area contributed by atoms with Gasteiger partial charge in [0.25, 0.3) is 0 Å². The maximum absolute atomic E-state index is 6.37. The van der Waals surface area contributed by atoms with Crippen LogP contribution in [0, 0.1) is 0 Å². The molecule has 1 fully saturated rings. The number of likely N-dealkylation sites (tertiary alicyclic amines) is 1. The summed E-state index contributed by atoms with van der Waals surface area (Å²) in [7, 11) is 1.74. The van der Waals surface area contributed by atoms with E-state index in [4.69, 9.17) is 15.2 Å². The highest BCUT2D eigenvalue weighted by atomic mass is 16.5. The summed E-state index contributed by atoms with van der Waals surface area (Å²) in [6.45, 7) is 5.44. The van der Waals surface area contributed by atoms with Crippen molar-refractivity contribution >= 4 is 0 Å². The second-order valence-electron chi connectivity index (χ2n) is 5.29. The topological polar surface area (TPSA) is 47.7 Å². The minimum Gasteiger partial charge on any atom is -0.494 e. The number of methoxy groups -OCH3 is 1. The molecule has 112 valence electrons. The maximum Gasteiger partial charge on any atom is 0.119 e. The molecule has 2 N–H and O–H groups in total. The number of hydrogen-bond donors (Lipinski definition) is 1. The molecule has 2 atom stereocenters. The van der Waals surface area contributed by atoms with Gasteiger partial charge in [-0.25, -0.2) is 0 Å². The van der Waals surface area contributed by atoms with Crippen molar-refractivity contribution in [3.8, 4) is 5.75 Å². The first-order valence-electron chi connectivity index (χ1n) is 7.47. The number of benzene rings is 1. The van der Waals surface area contributed by atoms with E-state index >= 15 is 0 Å². The Morgan fingerprint density at radius 1 is 1.40 bits per heavy atom. The second kappa shape index (κ2) is 7.62. The first-order chi connectivity index (χ1) is 9.76. The molecule has 2 unspecified atom stereocenters. The molecule has 0 aromatic heterocycles. The van der Waals surface area contributed by atoms with E-state index in [2.05, 4.69) is 23.1 Å². The summed E-state index contributed by atoms with van der Waals surface area (Å²) < 4.78 is 10.8. The van der Waals surface area contributed by atoms with Gasteiger partial charge in [-0.05, 0) is 44.0 Å². The summed E-state index contributed by atoms with van der Waals surface area (Å²) in [6, 6.07) is 8.77. The zero-order chi connectivity index (χ0) is 14.4. The van der Waals surface area contributed by atoms with Crippen molar-refractivity contribution in [1.82, 2.24) is 4.90 Å². The van der Waals surface area contributed by atoms with Gasteiger partial charge in [0, 0.05) is 19.7 Å². The van der Waals surface area contributed by atoms with Crippen LogP contribution in [0.25, 0.3) is 0 Å². The van der Waals surface area contributed by atoms with Crippen molar-refractivity contribution in [3.05, 3.63) is 29.8 Å². The molecule has 0 spiro atoms. The molecule has 1 aliphatic rings. The van der Waals surface area contributed by atoms with Crippen molar-refractivity contribution in [1.29, 1.82) is 0 Å². The van der Waals surface area contributed by atoms with Crippen LogP contribution in [0.1, 0.15) is 31.4 Å². The number of piperidine rings is 1. The Morgan fingerprint density at radius 3 is 3.00 bits per heavy atom. The molecular formula is C16H26N2O2. The molecule has 0 aliphatic carbocycles. The van der Waals surface area contributed by atoms with Gasteiger partial charge in [0.1, 0.15) is 5.75 Å². The highest BCUT2D eigenvalue weighted by Gasteiger charge is 2.30. The van der Waals surface area contributed by atoms with Crippen molar-refractivity contribution in [2.24, 2.45) is 5.73 Å². The smallest absolute Gasteiger partial charge is 0.119 e. The van der Waals surface area contributed by atoms with Gasteiger partial charge >= 0.3 is 0 Å². The molecule has 4 heteroatoms. The Hall–Kier alpha value is -1.10. The molecule has 0 amide bonds. The first kappa shape index (κ1) is 15.3. The summed E-state index contributed by atoms with van der Waals surface area (Å²) >= 11 is 0. The summed E-state index contributed by atoms with van der Waals surface area (Å²) in [5.74, 6) is 0.925. The lowest BCUT2D eigenvalue weighted by atomic mass is 9.91. The second-order valence-corrected chi connectivity index (χ2v) is 5.29. The van der Waals surface area contributed by atoms with Crippen molar-refractivity contribution in [2.45, 2.75) is 31.8 Å². The molecule has 0 bridgehead atoms. The molecule has 2 rings (SSSR count). The van der Waals surface area contributed by atoms with E-state index in [1.165, 1.54) is 5.56 Å². The van der Waals surface area contributed by atoms with E-state index in [9.17, 15) is 0 Å². The van der Waals surface area contributed by atoms with Crippen LogP contribution in [-0.4, -0.2) is 44.4 Å². The molecule has 0 radical (unpaired) electrons. The van der Waals surface area contributed by atoms with Crippen molar-refractivity contribution in [3.63, 3.8) is 0 Å². The Balaban J connectivity index is 2.18. The molecule has 1 aliphatic heterocycles. The van der Waals surface area contributed by atoms with E-state index < -0.39 is 0 Å². The van der Waals surface area contributed by atoms with Gasteiger partial charge in [0.2, 0.25) is 0 Å². The summed E-state index contributed by atoms with van der Waals surface area (Å²) in [5, 5.41) is 0. The lowest BCUT2D eigenvalue weighted by molar-refractivity contribution is 0.0847. The maximum atomic E-state index is 6.37. The van der Waals surface area contributed by atoms with Crippen LogP contribution in [0.2, 0.25) is 0 Å². The number of nitrogens with zero attached hydrogens (tertiary/aromatic N) is 1. The predicted molar refractivity (Wildman–Crippen MR) is 81.0 cm³/mol. The van der Waals surface area contributed by atoms with Crippen LogP contribution in [0.3, 0.4) is 0 Å². The number of nitrogens with two attached hydrogens (primary N) is 1. The fraction of sp³-hybridized carbons (Fsp3) is 0.625. The lowest BCUT2D eigenvalue weighted by Gasteiger charge is -2.40. The molecule has 20 heavy (non-hydrogen) atoms. The Morgan fingerprint density at radius 2 is 2.25 bits per heavy atom. The molecule has 1 saturated heterocycles. The highest BCUT2D eigenvalue weighted by Crippen LogP contribution is 2.31. The lowest BCUT2D eigenvalue weighted by Crippen LogP contribution is -2.46. The standard InChI is InChI=1S/C16H26N2O2/c1-3-20-14-7-4-6-13(12-14)16-15(17)8-5-9-18(16)10-11-19-2/h4,6-7,12,15-16H,3,5,8-11,17H2,1-2H3. The van der Waals surface area contributed by atoms with Crippen LogP contribution in [0.15, 0.2) is 24.3 Å². The number of ether oxygens (including phenoxy) is 2. The monoisotopic (exact) mass is 278 g/mol. The van der Waals surface area contributed by atoms with E-state index in [0.29, 0.717) is 6.61 Å². The quantitative estimate of drug-likeness (QED) is 0.866. The molecule has 0 saturated carbocycles. The number of rotatable bonds is 6. The fourth-order valence-corrected chi connectivity index (χ4v) is 2.97. The predicted octanol–water partition coefficient (Wildman–Crippen LogP) is 2.20. The minimum absolute atomic E-state index is 0.178. The third-order valence-corrected chi connectivity index (χ3v) is 3.87. The fourth-order valence-electron chi connectivity index (χ4n) is 2.97. The van der Waals surface area contributed by atoms with Crippen LogP contribution in [0.4, 0.5) is 0 Å². The average Bonchev–Trinajstić information content (AvgIpc) is 2.46. The summed E-state index contributed by atoms with van der Waals surface area (Å²) in [6.07, 6.45) is 2.24. The SMILES string of the molecule is CCOc1cccc(C2C(N)CCCN2CCOC)c1. The van der Waals surface area contributed by atoms with Gasteiger partial charge in [-0.1, -0.05) is 12.1 Å². The van der Waals surface area contributed by atoms with Crippen LogP contribution in [-0.2, 0) is 4.74 Å². The van der Waals surface area contributed by atoms with Gasteiger partial charge in [-0.15, -0.1) is 0 Å². The van der Waals surface area contributed by atoms with Crippen LogP contribution >= 0.6 is 0 Å². The van der Waals surface area contributed by atoms with Crippen LogP contribution < -0.4 is 10.5 Å². The Kier molecular flexibility index (Phi) is 5.83. The third-order valence-electron chi connectivity index (χ3n) is 3.87. The molecule has 4 nitrogen and oxygen atoms in total. The third kappa shape index (κ3) is 3.72. The summed E-state index contributed by atoms with van der Waals surface area (Å²) in [4.78, 5) is 2.43. The first-order valence-corrected chi connectivity index (χ1v) is 7.47. The van der Waals surface area contributed by atoms with E-state index in [1.807, 2.05) is 13.0 Å². The Bertz CT molecular complexity index is 411. The zero-order valence-corrected chi connectivity index (χ0v) is 12.5. The molecule has 1 aromatic rings. The van der Waals surface area contributed by atoms with Gasteiger partial charge < -0.3 is 15.2 Å². The Labute approximate surface area is 121 Å². The van der Waals surface area contributed by atoms with Gasteiger partial charge in [0.05, 0.1) is 19.3 Å². The minimum atomic E-state index is 0.178. The normalized spacial score (nSPS) is 23.8. The zero-order valence-electron chi connectivity index (χ0n) is 12.5. The number of hydrogen-bond acceptors (Lipinski definition) is 4. The van der Waals surface area contributed by atoms with E-state index in [-0.39, 0.29) is 12.1 Å². The summed E-state index contributed by atoms with van der Waals surface area (Å²) in [5.41, 5.74) is 7.62.